The van der Waals surface area contributed by atoms with Crippen LogP contribution in [-0.4, -0.2) is 56.9 Å². The Labute approximate surface area is 199 Å². The van der Waals surface area contributed by atoms with Crippen molar-refractivity contribution in [2.24, 2.45) is 0 Å². The molecule has 2 atom stereocenters. The summed E-state index contributed by atoms with van der Waals surface area (Å²) < 4.78 is 45.7. The highest BCUT2D eigenvalue weighted by molar-refractivity contribution is 5.97. The Kier molecular flexibility index (Phi) is 7.06. The lowest BCUT2D eigenvalue weighted by Crippen LogP contribution is -2.30. The van der Waals surface area contributed by atoms with Crippen molar-refractivity contribution in [2.45, 2.75) is 24.8 Å². The highest BCUT2D eigenvalue weighted by Gasteiger charge is 2.34. The summed E-state index contributed by atoms with van der Waals surface area (Å²) in [5, 5.41) is 28.6. The number of ether oxygens (including phenoxy) is 1. The van der Waals surface area contributed by atoms with Crippen LogP contribution in [0.15, 0.2) is 60.7 Å². The molecule has 0 bridgehead atoms. The van der Waals surface area contributed by atoms with E-state index in [1.165, 1.54) is 4.90 Å². The SMILES string of the molecule is O=C(c1cc(C(F)(F)F)ccc1Oc1ccc(-c2cccc(C(O)CO)n2)cc1)N1CCC(O)C1. The molecule has 0 spiro atoms. The van der Waals surface area contributed by atoms with E-state index in [4.69, 9.17) is 9.84 Å². The summed E-state index contributed by atoms with van der Waals surface area (Å²) in [5.41, 5.74) is 0.314. The van der Waals surface area contributed by atoms with Gasteiger partial charge in [0.1, 0.15) is 17.6 Å². The number of aromatic nitrogens is 1. The van der Waals surface area contributed by atoms with Gasteiger partial charge in [0.2, 0.25) is 0 Å². The van der Waals surface area contributed by atoms with Crippen molar-refractivity contribution in [1.29, 1.82) is 0 Å². The summed E-state index contributed by atoms with van der Waals surface area (Å²) in [4.78, 5) is 18.6. The quantitative estimate of drug-likeness (QED) is 0.488. The Bertz CT molecular complexity index is 1200. The molecular weight excluding hydrogens is 465 g/mol. The standard InChI is InChI=1S/C25H23F3N2O5/c26-25(27,28)16-6-9-23(19(12-16)24(34)30-11-10-17(32)13-30)35-18-7-4-15(5-8-18)20-2-1-3-21(29-20)22(33)14-31/h1-9,12,17,22,31-33H,10-11,13-14H2. The second-order valence-corrected chi connectivity index (χ2v) is 8.17. The summed E-state index contributed by atoms with van der Waals surface area (Å²) in [6, 6.07) is 14.2. The fourth-order valence-corrected chi connectivity index (χ4v) is 3.77. The molecule has 0 saturated carbocycles. The first-order valence-electron chi connectivity index (χ1n) is 10.9. The lowest BCUT2D eigenvalue weighted by atomic mass is 10.1. The van der Waals surface area contributed by atoms with Gasteiger partial charge < -0.3 is 25.0 Å². The molecular formula is C25H23F3N2O5. The smallest absolute Gasteiger partial charge is 0.416 e. The van der Waals surface area contributed by atoms with Crippen LogP contribution in [0, 0.1) is 0 Å². The van der Waals surface area contributed by atoms with Crippen LogP contribution in [0.25, 0.3) is 11.3 Å². The topological polar surface area (TPSA) is 103 Å². The van der Waals surface area contributed by atoms with Gasteiger partial charge in [0.25, 0.3) is 5.91 Å². The Morgan fingerprint density at radius 3 is 2.51 bits per heavy atom. The molecule has 35 heavy (non-hydrogen) atoms. The predicted molar refractivity (Wildman–Crippen MR) is 120 cm³/mol. The van der Waals surface area contributed by atoms with Crippen molar-refractivity contribution >= 4 is 5.91 Å². The first-order valence-corrected chi connectivity index (χ1v) is 10.9. The molecule has 184 valence electrons. The maximum absolute atomic E-state index is 13.3. The zero-order chi connectivity index (χ0) is 25.2. The summed E-state index contributed by atoms with van der Waals surface area (Å²) in [7, 11) is 0. The molecule has 0 radical (unpaired) electrons. The molecule has 2 unspecified atom stereocenters. The van der Waals surface area contributed by atoms with Crippen LogP contribution in [0.2, 0.25) is 0 Å². The third kappa shape index (κ3) is 5.61. The normalized spacial score (nSPS) is 16.9. The van der Waals surface area contributed by atoms with Crippen LogP contribution in [-0.2, 0) is 6.18 Å². The Hall–Kier alpha value is -3.47. The second-order valence-electron chi connectivity index (χ2n) is 8.17. The van der Waals surface area contributed by atoms with Crippen LogP contribution in [0.4, 0.5) is 13.2 Å². The molecule has 1 aromatic heterocycles. The maximum atomic E-state index is 13.3. The van der Waals surface area contributed by atoms with Gasteiger partial charge in [-0.1, -0.05) is 6.07 Å². The first-order chi connectivity index (χ1) is 16.7. The average molecular weight is 488 g/mol. The number of aliphatic hydroxyl groups excluding tert-OH is 3. The molecule has 1 aliphatic rings. The molecule has 1 amide bonds. The van der Waals surface area contributed by atoms with Gasteiger partial charge in [-0.2, -0.15) is 13.2 Å². The fraction of sp³-hybridized carbons (Fsp3) is 0.280. The Morgan fingerprint density at radius 2 is 1.89 bits per heavy atom. The van der Waals surface area contributed by atoms with E-state index in [1.807, 2.05) is 0 Å². The van der Waals surface area contributed by atoms with Crippen molar-refractivity contribution in [3.63, 3.8) is 0 Å². The second kappa shape index (κ2) is 10.0. The molecule has 1 aliphatic heterocycles. The number of benzene rings is 2. The molecule has 7 nitrogen and oxygen atoms in total. The number of nitrogens with zero attached hydrogens (tertiary/aromatic N) is 2. The zero-order valence-electron chi connectivity index (χ0n) is 18.4. The van der Waals surface area contributed by atoms with E-state index in [1.54, 1.807) is 42.5 Å². The number of halogens is 3. The van der Waals surface area contributed by atoms with Crippen LogP contribution in [0.5, 0.6) is 11.5 Å². The summed E-state index contributed by atoms with van der Waals surface area (Å²) in [6.45, 7) is -0.185. The number of carbonyl (C=O) groups is 1. The molecule has 0 aliphatic carbocycles. The van der Waals surface area contributed by atoms with E-state index in [-0.39, 0.29) is 30.2 Å². The maximum Gasteiger partial charge on any atom is 0.416 e. The number of β-amino-alcohol motifs (C(OH)–C–C–N with tert-alkyl or cyclic N) is 1. The number of alkyl halides is 3. The van der Waals surface area contributed by atoms with Crippen LogP contribution >= 0.6 is 0 Å². The Balaban J connectivity index is 1.60. The van der Waals surface area contributed by atoms with E-state index < -0.39 is 36.5 Å². The summed E-state index contributed by atoms with van der Waals surface area (Å²) >= 11 is 0. The molecule has 3 N–H and O–H groups in total. The lowest BCUT2D eigenvalue weighted by Gasteiger charge is -2.19. The van der Waals surface area contributed by atoms with Gasteiger partial charge in [-0.05, 0) is 61.0 Å². The number of carbonyl (C=O) groups excluding carboxylic acids is 1. The number of hydrogen-bond acceptors (Lipinski definition) is 6. The van der Waals surface area contributed by atoms with Crippen molar-refractivity contribution in [2.75, 3.05) is 19.7 Å². The van der Waals surface area contributed by atoms with Gasteiger partial charge in [0.15, 0.2) is 0 Å². The van der Waals surface area contributed by atoms with Gasteiger partial charge >= 0.3 is 6.18 Å². The highest BCUT2D eigenvalue weighted by Crippen LogP contribution is 2.35. The summed E-state index contributed by atoms with van der Waals surface area (Å²) in [5.74, 6) is -0.401. The number of rotatable bonds is 6. The van der Waals surface area contributed by atoms with E-state index in [0.717, 1.165) is 18.2 Å². The lowest BCUT2D eigenvalue weighted by molar-refractivity contribution is -0.137. The van der Waals surface area contributed by atoms with Gasteiger partial charge in [-0.3, -0.25) is 4.79 Å². The molecule has 1 saturated heterocycles. The molecule has 2 aromatic carbocycles. The predicted octanol–water partition coefficient (Wildman–Crippen LogP) is 3.79. The van der Waals surface area contributed by atoms with Gasteiger partial charge in [-0.15, -0.1) is 0 Å². The van der Waals surface area contributed by atoms with Crippen molar-refractivity contribution in [3.8, 4) is 22.8 Å². The zero-order valence-corrected chi connectivity index (χ0v) is 18.4. The molecule has 4 rings (SSSR count). The van der Waals surface area contributed by atoms with Gasteiger partial charge in [-0.25, -0.2) is 4.98 Å². The number of aliphatic hydroxyl groups is 3. The Morgan fingerprint density at radius 1 is 1.14 bits per heavy atom. The number of amides is 1. The summed E-state index contributed by atoms with van der Waals surface area (Å²) in [6.07, 6.45) is -6.10. The average Bonchev–Trinajstić information content (AvgIpc) is 3.29. The van der Waals surface area contributed by atoms with Crippen molar-refractivity contribution in [1.82, 2.24) is 9.88 Å². The van der Waals surface area contributed by atoms with E-state index >= 15 is 0 Å². The molecule has 2 heterocycles. The van der Waals surface area contributed by atoms with Gasteiger partial charge in [0, 0.05) is 18.7 Å². The molecule has 10 heteroatoms. The van der Waals surface area contributed by atoms with Crippen LogP contribution in [0.3, 0.4) is 0 Å². The minimum Gasteiger partial charge on any atom is -0.457 e. The minimum absolute atomic E-state index is 0.0386. The number of likely N-dealkylation sites (tertiary alicyclic amines) is 1. The monoisotopic (exact) mass is 488 g/mol. The molecule has 1 fully saturated rings. The highest BCUT2D eigenvalue weighted by atomic mass is 19.4. The fourth-order valence-electron chi connectivity index (χ4n) is 3.77. The first kappa shape index (κ1) is 24.6. The number of hydrogen-bond donors (Lipinski definition) is 3. The number of pyridine rings is 1. The van der Waals surface area contributed by atoms with Gasteiger partial charge in [0.05, 0.1) is 35.2 Å². The van der Waals surface area contributed by atoms with E-state index in [9.17, 15) is 28.2 Å². The third-order valence-corrected chi connectivity index (χ3v) is 5.65. The van der Waals surface area contributed by atoms with Crippen LogP contribution in [0.1, 0.15) is 34.1 Å². The van der Waals surface area contributed by atoms with Crippen molar-refractivity contribution in [3.05, 3.63) is 77.5 Å². The van der Waals surface area contributed by atoms with E-state index in [2.05, 4.69) is 4.98 Å². The largest absolute Gasteiger partial charge is 0.457 e. The minimum atomic E-state index is -4.63. The molecule has 3 aromatic rings. The van der Waals surface area contributed by atoms with E-state index in [0.29, 0.717) is 23.4 Å². The third-order valence-electron chi connectivity index (χ3n) is 5.65. The van der Waals surface area contributed by atoms with Crippen LogP contribution < -0.4 is 4.74 Å². The van der Waals surface area contributed by atoms with Crippen molar-refractivity contribution < 1.29 is 38.0 Å².